The molecule has 1 atom stereocenters. The molecule has 1 aromatic carbocycles. The van der Waals surface area contributed by atoms with Crippen molar-refractivity contribution in [3.63, 3.8) is 0 Å². The normalized spacial score (nSPS) is 16.6. The molecule has 1 aliphatic rings. The molecule has 25 heavy (non-hydrogen) atoms. The minimum atomic E-state index is -3.32. The smallest absolute Gasteiger partial charge is 0.163 e. The van der Waals surface area contributed by atoms with Gasteiger partial charge in [0.2, 0.25) is 0 Å². The van der Waals surface area contributed by atoms with Gasteiger partial charge in [0.15, 0.2) is 11.6 Å². The summed E-state index contributed by atoms with van der Waals surface area (Å²) in [4.78, 5) is 1.95. The van der Waals surface area contributed by atoms with E-state index in [4.69, 9.17) is 0 Å². The highest BCUT2D eigenvalue weighted by Crippen LogP contribution is 2.21. The highest BCUT2D eigenvalue weighted by atomic mass is 32.2. The van der Waals surface area contributed by atoms with Crippen LogP contribution in [0, 0.1) is 11.6 Å². The largest absolute Gasteiger partial charge is 0.386 e. The minimum Gasteiger partial charge on any atom is -0.386 e. The Balaban J connectivity index is 1.72. The number of fused-ring (bicyclic) bond motifs is 1. The summed E-state index contributed by atoms with van der Waals surface area (Å²) in [6, 6.07) is 5.76. The van der Waals surface area contributed by atoms with Crippen LogP contribution in [0.25, 0.3) is 0 Å². The molecule has 0 bridgehead atoms. The Bertz CT molecular complexity index is 883. The lowest BCUT2D eigenvalue weighted by Crippen LogP contribution is -2.33. The van der Waals surface area contributed by atoms with Crippen molar-refractivity contribution >= 4 is 9.84 Å². The number of rotatable bonds is 5. The van der Waals surface area contributed by atoms with Crippen molar-refractivity contribution in [2.75, 3.05) is 18.6 Å². The summed E-state index contributed by atoms with van der Waals surface area (Å²) < 4.78 is 51.4. The van der Waals surface area contributed by atoms with Gasteiger partial charge in [-0.25, -0.2) is 17.2 Å². The number of halogens is 2. The Hall–Kier alpha value is -1.84. The Morgan fingerprint density at radius 3 is 2.80 bits per heavy atom. The van der Waals surface area contributed by atoms with E-state index >= 15 is 0 Å². The summed E-state index contributed by atoms with van der Waals surface area (Å²) in [7, 11) is -3.32. The second-order valence-corrected chi connectivity index (χ2v) is 8.50. The predicted molar refractivity (Wildman–Crippen MR) is 87.4 cm³/mol. The lowest BCUT2D eigenvalue weighted by molar-refractivity contribution is 0.190. The molecule has 0 saturated heterocycles. The first-order valence-electron chi connectivity index (χ1n) is 7.80. The molecule has 2 aromatic rings. The number of aliphatic hydroxyl groups excluding tert-OH is 1. The fraction of sp³-hybridized carbons (Fsp3) is 0.438. The Kier molecular flexibility index (Phi) is 4.90. The third kappa shape index (κ3) is 4.23. The van der Waals surface area contributed by atoms with Gasteiger partial charge in [-0.1, -0.05) is 12.1 Å². The lowest BCUT2D eigenvalue weighted by atomic mass is 10.1. The number of hydrogen-bond donors (Lipinski definition) is 1. The molecule has 2 heterocycles. The van der Waals surface area contributed by atoms with E-state index < -0.39 is 27.6 Å². The molecule has 0 amide bonds. The van der Waals surface area contributed by atoms with E-state index in [2.05, 4.69) is 5.10 Å². The van der Waals surface area contributed by atoms with E-state index in [1.165, 1.54) is 6.07 Å². The van der Waals surface area contributed by atoms with Crippen molar-refractivity contribution in [1.82, 2.24) is 14.7 Å². The molecule has 0 saturated carbocycles. The van der Waals surface area contributed by atoms with Gasteiger partial charge in [-0.05, 0) is 12.1 Å². The van der Waals surface area contributed by atoms with Gasteiger partial charge in [0, 0.05) is 31.5 Å². The number of hydrogen-bond acceptors (Lipinski definition) is 5. The van der Waals surface area contributed by atoms with Gasteiger partial charge in [0.05, 0.1) is 23.7 Å². The molecule has 6 nitrogen and oxygen atoms in total. The quantitative estimate of drug-likeness (QED) is 0.856. The highest BCUT2D eigenvalue weighted by molar-refractivity contribution is 7.90. The molecule has 1 N–H and O–H groups in total. The van der Waals surface area contributed by atoms with Crippen molar-refractivity contribution in [2.45, 2.75) is 25.7 Å². The van der Waals surface area contributed by atoms with E-state index in [1.54, 1.807) is 16.8 Å². The van der Waals surface area contributed by atoms with Crippen molar-refractivity contribution in [3.8, 4) is 0 Å². The van der Waals surface area contributed by atoms with Crippen LogP contribution in [0.1, 0.15) is 23.1 Å². The number of sulfone groups is 1. The van der Waals surface area contributed by atoms with E-state index in [0.717, 1.165) is 18.0 Å². The standard InChI is InChI=1S/C16H19F2N3O3S/c1-25(23,24)10-15(22)14-7-12-9-20(5-6-21(12)19-14)8-11-3-2-4-13(17)16(11)18/h2-4,7,15,22H,5-6,8-10H2,1H3/t15-/m0/s1. The molecule has 0 unspecified atom stereocenters. The van der Waals surface area contributed by atoms with Crippen LogP contribution in [0.2, 0.25) is 0 Å². The van der Waals surface area contributed by atoms with Crippen molar-refractivity contribution in [2.24, 2.45) is 0 Å². The second-order valence-electron chi connectivity index (χ2n) is 6.32. The van der Waals surface area contributed by atoms with Crippen LogP contribution in [0.3, 0.4) is 0 Å². The third-order valence-electron chi connectivity index (χ3n) is 4.12. The first-order valence-corrected chi connectivity index (χ1v) is 9.86. The van der Waals surface area contributed by atoms with Crippen LogP contribution in [-0.4, -0.2) is 46.8 Å². The fourth-order valence-corrected chi connectivity index (χ4v) is 3.67. The SMILES string of the molecule is CS(=O)(=O)C[C@H](O)c1cc2n(n1)CCN(Cc1cccc(F)c1F)C2. The van der Waals surface area contributed by atoms with Crippen LogP contribution in [0.15, 0.2) is 24.3 Å². The summed E-state index contributed by atoms with van der Waals surface area (Å²) in [5.74, 6) is -2.10. The van der Waals surface area contributed by atoms with Gasteiger partial charge < -0.3 is 5.11 Å². The number of benzene rings is 1. The van der Waals surface area contributed by atoms with Gasteiger partial charge in [-0.3, -0.25) is 9.58 Å². The maximum Gasteiger partial charge on any atom is 0.163 e. The summed E-state index contributed by atoms with van der Waals surface area (Å²) >= 11 is 0. The number of aromatic nitrogens is 2. The van der Waals surface area contributed by atoms with Gasteiger partial charge in [0.1, 0.15) is 15.9 Å². The molecule has 0 spiro atoms. The van der Waals surface area contributed by atoms with Crippen LogP contribution in [0.5, 0.6) is 0 Å². The van der Waals surface area contributed by atoms with Crippen LogP contribution in [-0.2, 0) is 29.5 Å². The fourth-order valence-electron chi connectivity index (χ4n) is 2.92. The Labute approximate surface area is 144 Å². The molecule has 1 aliphatic heterocycles. The maximum absolute atomic E-state index is 13.8. The molecule has 9 heteroatoms. The summed E-state index contributed by atoms with van der Waals surface area (Å²) in [6.07, 6.45) is -0.121. The predicted octanol–water partition coefficient (Wildman–Crippen LogP) is 1.26. The van der Waals surface area contributed by atoms with Gasteiger partial charge in [-0.15, -0.1) is 0 Å². The molecule has 0 fully saturated rings. The maximum atomic E-state index is 13.8. The van der Waals surface area contributed by atoms with Crippen LogP contribution >= 0.6 is 0 Å². The summed E-state index contributed by atoms with van der Waals surface area (Å²) in [6.45, 7) is 1.83. The van der Waals surface area contributed by atoms with Crippen molar-refractivity contribution in [1.29, 1.82) is 0 Å². The lowest BCUT2D eigenvalue weighted by Gasteiger charge is -2.27. The Morgan fingerprint density at radius 2 is 2.08 bits per heavy atom. The molecule has 136 valence electrons. The third-order valence-corrected chi connectivity index (χ3v) is 5.04. The van der Waals surface area contributed by atoms with Gasteiger partial charge in [-0.2, -0.15) is 5.10 Å². The van der Waals surface area contributed by atoms with Crippen LogP contribution < -0.4 is 0 Å². The number of nitrogens with zero attached hydrogens (tertiary/aromatic N) is 3. The zero-order valence-corrected chi connectivity index (χ0v) is 14.5. The van der Waals surface area contributed by atoms with Crippen molar-refractivity contribution < 1.29 is 22.3 Å². The number of aliphatic hydroxyl groups is 1. The first-order chi connectivity index (χ1) is 11.7. The van der Waals surface area contributed by atoms with Gasteiger partial charge >= 0.3 is 0 Å². The topological polar surface area (TPSA) is 75.4 Å². The van der Waals surface area contributed by atoms with E-state index in [0.29, 0.717) is 25.3 Å². The molecule has 3 rings (SSSR count). The van der Waals surface area contributed by atoms with E-state index in [1.807, 2.05) is 4.90 Å². The molecular formula is C16H19F2N3O3S. The van der Waals surface area contributed by atoms with E-state index in [-0.39, 0.29) is 17.9 Å². The molecule has 0 radical (unpaired) electrons. The first kappa shape index (κ1) is 18.0. The Morgan fingerprint density at radius 1 is 1.32 bits per heavy atom. The average molecular weight is 371 g/mol. The van der Waals surface area contributed by atoms with Crippen LogP contribution in [0.4, 0.5) is 8.78 Å². The second kappa shape index (κ2) is 6.81. The van der Waals surface area contributed by atoms with E-state index in [9.17, 15) is 22.3 Å². The highest BCUT2D eigenvalue weighted by Gasteiger charge is 2.23. The monoisotopic (exact) mass is 371 g/mol. The average Bonchev–Trinajstić information content (AvgIpc) is 2.94. The molecule has 1 aromatic heterocycles. The molecular weight excluding hydrogens is 352 g/mol. The van der Waals surface area contributed by atoms with Crippen molar-refractivity contribution in [3.05, 3.63) is 52.9 Å². The summed E-state index contributed by atoms with van der Waals surface area (Å²) in [5, 5.41) is 14.3. The zero-order chi connectivity index (χ0) is 18.2. The summed E-state index contributed by atoms with van der Waals surface area (Å²) in [5.41, 5.74) is 1.38. The minimum absolute atomic E-state index is 0.260. The zero-order valence-electron chi connectivity index (χ0n) is 13.7. The molecule has 0 aliphatic carbocycles. The van der Waals surface area contributed by atoms with Gasteiger partial charge in [0.25, 0.3) is 0 Å².